The normalized spacial score (nSPS) is 25.7. The number of hydrogen-bond donors (Lipinski definition) is 2. The van der Waals surface area contributed by atoms with Gasteiger partial charge in [0.1, 0.15) is 11.5 Å². The molecule has 6 atom stereocenters. The molecule has 3 aromatic carbocycles. The Labute approximate surface area is 329 Å². The van der Waals surface area contributed by atoms with Gasteiger partial charge in [0, 0.05) is 34.3 Å². The van der Waals surface area contributed by atoms with E-state index in [9.17, 15) is 29.4 Å². The van der Waals surface area contributed by atoms with Gasteiger partial charge < -0.3 is 14.9 Å². The molecule has 0 spiro atoms. The highest BCUT2D eigenvalue weighted by atomic mass is 35.5. The van der Waals surface area contributed by atoms with Crippen LogP contribution in [0.1, 0.15) is 47.2 Å². The first-order chi connectivity index (χ1) is 26.8. The van der Waals surface area contributed by atoms with E-state index in [1.807, 2.05) is 31.2 Å². The summed E-state index contributed by atoms with van der Waals surface area (Å²) < 4.78 is 8.02. The number of carboxylic acid groups (broad SMARTS) is 1. The fraction of sp³-hybridized carbons (Fsp3) is 0.286. The van der Waals surface area contributed by atoms with E-state index in [2.05, 4.69) is 0 Å². The second-order valence-electron chi connectivity index (χ2n) is 15.1. The molecule has 4 heterocycles. The SMILES string of the molecule is COc1cccc(C2C3=CCC4C(=O)N(c5cccc(C(=O)O)c5)C(=O)C4C3CC3C(=O)N(c4cc(-c5sc6ccc(Cl)cc6c5C)nn4C)C(=O)C32C)c1O. The molecule has 284 valence electrons. The molecule has 0 bridgehead atoms. The minimum Gasteiger partial charge on any atom is -0.504 e. The summed E-state index contributed by atoms with van der Waals surface area (Å²) in [5.41, 5.74) is 1.26. The zero-order chi connectivity index (χ0) is 39.5. The molecule has 9 rings (SSSR count). The Bertz CT molecular complexity index is 2630. The van der Waals surface area contributed by atoms with Gasteiger partial charge in [-0.05, 0) is 86.0 Å². The summed E-state index contributed by atoms with van der Waals surface area (Å²) >= 11 is 7.84. The number of amides is 4. The molecule has 56 heavy (non-hydrogen) atoms. The van der Waals surface area contributed by atoms with E-state index in [1.54, 1.807) is 38.2 Å². The van der Waals surface area contributed by atoms with Crippen molar-refractivity contribution >= 4 is 74.1 Å². The Kier molecular flexibility index (Phi) is 8.08. The summed E-state index contributed by atoms with van der Waals surface area (Å²) in [5, 5.41) is 27.7. The number of aromatic hydroxyl groups is 1. The summed E-state index contributed by atoms with van der Waals surface area (Å²) in [5.74, 6) is -6.96. The molecule has 3 fully saturated rings. The Morgan fingerprint density at radius 1 is 0.982 bits per heavy atom. The molecule has 0 radical (unpaired) electrons. The topological polar surface area (TPSA) is 159 Å². The number of ether oxygens (including phenoxy) is 1. The van der Waals surface area contributed by atoms with Crippen molar-refractivity contribution in [3.05, 3.63) is 100 Å². The number of carboxylic acids is 1. The number of aryl methyl sites for hydroxylation is 2. The van der Waals surface area contributed by atoms with Crippen molar-refractivity contribution in [1.82, 2.24) is 9.78 Å². The predicted octanol–water partition coefficient (Wildman–Crippen LogP) is 7.11. The number of phenols is 1. The lowest BCUT2D eigenvalue weighted by Crippen LogP contribution is -2.49. The summed E-state index contributed by atoms with van der Waals surface area (Å²) in [6.45, 7) is 3.72. The van der Waals surface area contributed by atoms with Crippen molar-refractivity contribution in [1.29, 1.82) is 0 Å². The zero-order valence-electron chi connectivity index (χ0n) is 30.6. The van der Waals surface area contributed by atoms with Crippen LogP contribution in [0.25, 0.3) is 20.7 Å². The molecule has 12 nitrogen and oxygen atoms in total. The average molecular weight is 791 g/mol. The van der Waals surface area contributed by atoms with E-state index in [1.165, 1.54) is 52.3 Å². The van der Waals surface area contributed by atoms with Crippen molar-refractivity contribution < 1.29 is 38.9 Å². The number of carbonyl (C=O) groups is 5. The van der Waals surface area contributed by atoms with Crippen LogP contribution in [-0.4, -0.2) is 56.7 Å². The van der Waals surface area contributed by atoms with Crippen LogP contribution >= 0.6 is 22.9 Å². The van der Waals surface area contributed by atoms with Gasteiger partial charge in [0.05, 0.1) is 46.4 Å². The Hall–Kier alpha value is -5.79. The number of halogens is 1. The highest BCUT2D eigenvalue weighted by Gasteiger charge is 2.68. The van der Waals surface area contributed by atoms with Gasteiger partial charge in [0.15, 0.2) is 11.5 Å². The molecular formula is C42H35ClN4O8S. The first kappa shape index (κ1) is 35.9. The van der Waals surface area contributed by atoms with Crippen LogP contribution in [-0.2, 0) is 26.2 Å². The molecule has 2 aliphatic carbocycles. The Morgan fingerprint density at radius 2 is 1.75 bits per heavy atom. The number of benzene rings is 3. The number of aromatic carboxylic acids is 1. The number of aromatic nitrogens is 2. The Morgan fingerprint density at radius 3 is 2.50 bits per heavy atom. The minimum atomic E-state index is -1.42. The monoisotopic (exact) mass is 790 g/mol. The van der Waals surface area contributed by atoms with Crippen LogP contribution in [0.15, 0.2) is 78.4 Å². The highest BCUT2D eigenvalue weighted by Crippen LogP contribution is 2.65. The zero-order valence-corrected chi connectivity index (χ0v) is 32.2. The van der Waals surface area contributed by atoms with E-state index < -0.39 is 64.6 Å². The second-order valence-corrected chi connectivity index (χ2v) is 16.6. The van der Waals surface area contributed by atoms with Gasteiger partial charge in [0.25, 0.3) is 0 Å². The summed E-state index contributed by atoms with van der Waals surface area (Å²) in [7, 11) is 3.10. The lowest BCUT2D eigenvalue weighted by atomic mass is 9.51. The smallest absolute Gasteiger partial charge is 0.335 e. The van der Waals surface area contributed by atoms with Gasteiger partial charge in [-0.15, -0.1) is 11.3 Å². The number of para-hydroxylation sites is 1. The number of allylic oxidation sites excluding steroid dienone is 2. The van der Waals surface area contributed by atoms with Crippen LogP contribution in [0.2, 0.25) is 5.02 Å². The molecule has 2 N–H and O–H groups in total. The molecule has 2 aromatic heterocycles. The third kappa shape index (κ3) is 4.89. The number of hydrogen-bond acceptors (Lipinski definition) is 9. The third-order valence-electron chi connectivity index (χ3n) is 12.4. The molecule has 5 aromatic rings. The number of carbonyl (C=O) groups excluding carboxylic acids is 4. The predicted molar refractivity (Wildman–Crippen MR) is 209 cm³/mol. The number of fused-ring (bicyclic) bond motifs is 5. The highest BCUT2D eigenvalue weighted by molar-refractivity contribution is 7.22. The third-order valence-corrected chi connectivity index (χ3v) is 13.9. The van der Waals surface area contributed by atoms with Crippen LogP contribution in [0.3, 0.4) is 0 Å². The first-order valence-electron chi connectivity index (χ1n) is 18.1. The maximum Gasteiger partial charge on any atom is 0.335 e. The fourth-order valence-electron chi connectivity index (χ4n) is 9.76. The fourth-order valence-corrected chi connectivity index (χ4v) is 11.1. The number of thiophene rings is 1. The van der Waals surface area contributed by atoms with Gasteiger partial charge in [-0.2, -0.15) is 5.10 Å². The molecule has 1 saturated carbocycles. The lowest BCUT2D eigenvalue weighted by Gasteiger charge is -2.49. The van der Waals surface area contributed by atoms with Crippen molar-refractivity contribution in [3.8, 4) is 22.1 Å². The quantitative estimate of drug-likeness (QED) is 0.135. The number of methoxy groups -OCH3 is 1. The van der Waals surface area contributed by atoms with E-state index in [0.29, 0.717) is 21.9 Å². The largest absolute Gasteiger partial charge is 0.504 e. The van der Waals surface area contributed by atoms with Crippen LogP contribution in [0.4, 0.5) is 11.5 Å². The second kappa shape index (κ2) is 12.6. The van der Waals surface area contributed by atoms with Gasteiger partial charge in [0.2, 0.25) is 23.6 Å². The average Bonchev–Trinajstić information content (AvgIpc) is 3.85. The number of rotatable bonds is 6. The van der Waals surface area contributed by atoms with E-state index in [4.69, 9.17) is 21.4 Å². The molecule has 2 saturated heterocycles. The molecule has 2 aliphatic heterocycles. The van der Waals surface area contributed by atoms with Gasteiger partial charge in [-0.3, -0.25) is 28.8 Å². The number of phenolic OH excluding ortho intramolecular Hbond substituents is 1. The molecule has 4 amide bonds. The van der Waals surface area contributed by atoms with Crippen molar-refractivity contribution in [3.63, 3.8) is 0 Å². The van der Waals surface area contributed by atoms with Gasteiger partial charge >= 0.3 is 5.97 Å². The molecule has 6 unspecified atom stereocenters. The van der Waals surface area contributed by atoms with Crippen molar-refractivity contribution in [2.75, 3.05) is 16.9 Å². The summed E-state index contributed by atoms with van der Waals surface area (Å²) in [6, 6.07) is 18.1. The number of anilines is 2. The van der Waals surface area contributed by atoms with Crippen molar-refractivity contribution in [2.45, 2.75) is 32.6 Å². The maximum atomic E-state index is 15.1. The van der Waals surface area contributed by atoms with Crippen LogP contribution in [0.5, 0.6) is 11.5 Å². The van der Waals surface area contributed by atoms with Crippen LogP contribution in [0, 0.1) is 36.0 Å². The van der Waals surface area contributed by atoms with E-state index in [-0.39, 0.29) is 41.4 Å². The summed E-state index contributed by atoms with van der Waals surface area (Å²) in [6.07, 6.45) is 2.15. The Balaban J connectivity index is 1.16. The minimum absolute atomic E-state index is 0.0702. The van der Waals surface area contributed by atoms with E-state index >= 15 is 4.79 Å². The molecule has 14 heteroatoms. The van der Waals surface area contributed by atoms with E-state index in [0.717, 1.165) is 25.4 Å². The standard InChI is InChI=1S/C42H35ClN4O8S/c1-19-26-16-21(43)11-14-31(26)56-36(19)29-18-32(45(3)44-29)47-38(50)28-17-27-23(34(42(28,2)41(47)54)25-9-6-10-30(55-4)35(25)48)12-13-24-33(27)39(51)46(37(24)49)22-8-5-7-20(15-22)40(52)53/h5-12,14-16,18,24,27-28,33-34,48H,13,17H2,1-4H3,(H,52,53). The number of imide groups is 2. The van der Waals surface area contributed by atoms with Crippen molar-refractivity contribution in [2.24, 2.45) is 36.1 Å². The van der Waals surface area contributed by atoms with Crippen LogP contribution < -0.4 is 14.5 Å². The summed E-state index contributed by atoms with van der Waals surface area (Å²) in [4.78, 5) is 73.5. The van der Waals surface area contributed by atoms with Gasteiger partial charge in [-0.1, -0.05) is 41.4 Å². The van der Waals surface area contributed by atoms with Gasteiger partial charge in [-0.25, -0.2) is 9.69 Å². The lowest BCUT2D eigenvalue weighted by molar-refractivity contribution is -0.131. The first-order valence-corrected chi connectivity index (χ1v) is 19.3. The molecule has 4 aliphatic rings. The molecular weight excluding hydrogens is 756 g/mol. The maximum absolute atomic E-state index is 15.1. The number of nitrogens with zero attached hydrogens (tertiary/aromatic N) is 4.